The molecule has 1 fully saturated rings. The highest BCUT2D eigenvalue weighted by molar-refractivity contribution is 7.99. The molecule has 2 aliphatic rings. The van der Waals surface area contributed by atoms with Crippen molar-refractivity contribution < 1.29 is 4.79 Å². The monoisotopic (exact) mass is 395 g/mol. The molecule has 0 saturated carbocycles. The van der Waals surface area contributed by atoms with Crippen LogP contribution in [-0.2, 0) is 0 Å². The second-order valence-corrected chi connectivity index (χ2v) is 8.81. The molecule has 1 unspecified atom stereocenters. The number of hydrogen-bond acceptors (Lipinski definition) is 4. The van der Waals surface area contributed by atoms with E-state index in [0.29, 0.717) is 12.6 Å². The maximum Gasteiger partial charge on any atom is 0.251 e. The third-order valence-electron chi connectivity index (χ3n) is 5.78. The molecule has 0 bridgehead atoms. The highest BCUT2D eigenvalue weighted by Crippen LogP contribution is 2.48. The first-order valence-corrected chi connectivity index (χ1v) is 11.2. The van der Waals surface area contributed by atoms with Crippen LogP contribution in [0.3, 0.4) is 0 Å². The van der Waals surface area contributed by atoms with Gasteiger partial charge in [-0.1, -0.05) is 30.8 Å². The molecule has 4 rings (SSSR count). The van der Waals surface area contributed by atoms with Gasteiger partial charge in [0.1, 0.15) is 0 Å². The zero-order chi connectivity index (χ0) is 19.5. The van der Waals surface area contributed by atoms with Crippen LogP contribution in [0.1, 0.15) is 43.0 Å². The number of amides is 1. The van der Waals surface area contributed by atoms with Gasteiger partial charge in [0, 0.05) is 34.5 Å². The van der Waals surface area contributed by atoms with Crippen molar-refractivity contribution >= 4 is 29.0 Å². The lowest BCUT2D eigenvalue weighted by Crippen LogP contribution is -2.31. The third kappa shape index (κ3) is 3.91. The summed E-state index contributed by atoms with van der Waals surface area (Å²) in [5.41, 5.74) is 3.16. The second-order valence-electron chi connectivity index (χ2n) is 7.73. The Morgan fingerprint density at radius 3 is 2.79 bits per heavy atom. The SMILES string of the molecule is CCCNC(=O)c1ccc2c(c1)N(CCC1CCCN1C)c1ccccc1S2. The van der Waals surface area contributed by atoms with Crippen LogP contribution in [-0.4, -0.2) is 43.5 Å². The van der Waals surface area contributed by atoms with E-state index in [2.05, 4.69) is 65.5 Å². The number of para-hydroxylation sites is 1. The fourth-order valence-corrected chi connectivity index (χ4v) is 5.25. The van der Waals surface area contributed by atoms with E-state index in [1.807, 2.05) is 6.07 Å². The van der Waals surface area contributed by atoms with E-state index in [9.17, 15) is 4.79 Å². The van der Waals surface area contributed by atoms with Crippen LogP contribution in [0, 0.1) is 0 Å². The van der Waals surface area contributed by atoms with Crippen LogP contribution in [0.15, 0.2) is 52.3 Å². The Balaban J connectivity index is 1.63. The summed E-state index contributed by atoms with van der Waals surface area (Å²) < 4.78 is 0. The molecular formula is C23H29N3OS. The molecule has 5 heteroatoms. The van der Waals surface area contributed by atoms with Crippen molar-refractivity contribution in [2.24, 2.45) is 0 Å². The van der Waals surface area contributed by atoms with Crippen molar-refractivity contribution in [1.29, 1.82) is 0 Å². The fraction of sp³-hybridized carbons (Fsp3) is 0.435. The van der Waals surface area contributed by atoms with Crippen molar-refractivity contribution in [1.82, 2.24) is 10.2 Å². The summed E-state index contributed by atoms with van der Waals surface area (Å²) in [6, 6.07) is 15.4. The lowest BCUT2D eigenvalue weighted by molar-refractivity contribution is 0.0953. The molecule has 4 nitrogen and oxygen atoms in total. The minimum atomic E-state index is 0.0176. The molecular weight excluding hydrogens is 366 g/mol. The lowest BCUT2D eigenvalue weighted by atomic mass is 10.1. The van der Waals surface area contributed by atoms with Crippen LogP contribution in [0.4, 0.5) is 11.4 Å². The van der Waals surface area contributed by atoms with Gasteiger partial charge in [-0.15, -0.1) is 0 Å². The Morgan fingerprint density at radius 2 is 2.00 bits per heavy atom. The quantitative estimate of drug-likeness (QED) is 0.754. The van der Waals surface area contributed by atoms with Gasteiger partial charge < -0.3 is 15.1 Å². The summed E-state index contributed by atoms with van der Waals surface area (Å²) in [4.78, 5) is 19.9. The summed E-state index contributed by atoms with van der Waals surface area (Å²) in [5.74, 6) is 0.0176. The Hall–Kier alpha value is -1.98. The molecule has 0 spiro atoms. The smallest absolute Gasteiger partial charge is 0.251 e. The van der Waals surface area contributed by atoms with Gasteiger partial charge in [0.2, 0.25) is 0 Å². The maximum absolute atomic E-state index is 12.5. The molecule has 1 amide bonds. The zero-order valence-electron chi connectivity index (χ0n) is 16.8. The van der Waals surface area contributed by atoms with Gasteiger partial charge >= 0.3 is 0 Å². The first kappa shape index (κ1) is 19.3. The Labute approximate surface area is 172 Å². The summed E-state index contributed by atoms with van der Waals surface area (Å²) in [7, 11) is 2.24. The molecule has 0 aliphatic carbocycles. The first-order chi connectivity index (χ1) is 13.7. The van der Waals surface area contributed by atoms with Crippen LogP contribution in [0.5, 0.6) is 0 Å². The minimum absolute atomic E-state index is 0.0176. The number of rotatable bonds is 6. The molecule has 2 aromatic rings. The van der Waals surface area contributed by atoms with Gasteiger partial charge in [-0.05, 0) is 69.6 Å². The fourth-order valence-electron chi connectivity index (χ4n) is 4.17. The minimum Gasteiger partial charge on any atom is -0.352 e. The van der Waals surface area contributed by atoms with Gasteiger partial charge in [-0.2, -0.15) is 0 Å². The van der Waals surface area contributed by atoms with Gasteiger partial charge in [0.15, 0.2) is 0 Å². The van der Waals surface area contributed by atoms with E-state index in [1.54, 1.807) is 11.8 Å². The molecule has 28 heavy (non-hydrogen) atoms. The van der Waals surface area contributed by atoms with Crippen molar-refractivity contribution in [2.45, 2.75) is 48.4 Å². The average molecular weight is 396 g/mol. The molecule has 0 aromatic heterocycles. The molecule has 0 radical (unpaired) electrons. The van der Waals surface area contributed by atoms with Crippen LogP contribution in [0.2, 0.25) is 0 Å². The summed E-state index contributed by atoms with van der Waals surface area (Å²) in [5, 5.41) is 3.00. The Bertz CT molecular complexity index is 853. The normalized spacial score (nSPS) is 18.6. The molecule has 148 valence electrons. The van der Waals surface area contributed by atoms with E-state index in [0.717, 1.165) is 30.6 Å². The molecule has 1 N–H and O–H groups in total. The van der Waals surface area contributed by atoms with Crippen molar-refractivity contribution in [3.63, 3.8) is 0 Å². The van der Waals surface area contributed by atoms with E-state index < -0.39 is 0 Å². The third-order valence-corrected chi connectivity index (χ3v) is 6.91. The predicted octanol–water partition coefficient (Wildman–Crippen LogP) is 4.91. The topological polar surface area (TPSA) is 35.6 Å². The van der Waals surface area contributed by atoms with Crippen LogP contribution >= 0.6 is 11.8 Å². The van der Waals surface area contributed by atoms with Crippen LogP contribution < -0.4 is 10.2 Å². The number of anilines is 2. The maximum atomic E-state index is 12.5. The number of likely N-dealkylation sites (tertiary alicyclic amines) is 1. The molecule has 1 saturated heterocycles. The summed E-state index contributed by atoms with van der Waals surface area (Å²) in [6.07, 6.45) is 4.67. The van der Waals surface area contributed by atoms with E-state index in [1.165, 1.54) is 34.9 Å². The summed E-state index contributed by atoms with van der Waals surface area (Å²) in [6.45, 7) is 4.96. The largest absolute Gasteiger partial charge is 0.352 e. The molecule has 1 atom stereocenters. The number of nitrogens with zero attached hydrogens (tertiary/aromatic N) is 2. The molecule has 2 aliphatic heterocycles. The Morgan fingerprint density at radius 1 is 1.18 bits per heavy atom. The van der Waals surface area contributed by atoms with Crippen molar-refractivity contribution in [3.05, 3.63) is 48.0 Å². The van der Waals surface area contributed by atoms with Gasteiger partial charge in [-0.25, -0.2) is 0 Å². The number of nitrogens with one attached hydrogen (secondary N) is 1. The zero-order valence-corrected chi connectivity index (χ0v) is 17.6. The first-order valence-electron chi connectivity index (χ1n) is 10.3. The van der Waals surface area contributed by atoms with Crippen LogP contribution in [0.25, 0.3) is 0 Å². The Kier molecular flexibility index (Phi) is 5.93. The van der Waals surface area contributed by atoms with E-state index in [4.69, 9.17) is 0 Å². The molecule has 2 aromatic carbocycles. The average Bonchev–Trinajstić information content (AvgIpc) is 3.13. The van der Waals surface area contributed by atoms with E-state index >= 15 is 0 Å². The second kappa shape index (κ2) is 8.58. The highest BCUT2D eigenvalue weighted by Gasteiger charge is 2.27. The van der Waals surface area contributed by atoms with Gasteiger partial charge in [-0.3, -0.25) is 4.79 Å². The standard InChI is InChI=1S/C23H29N3OS/c1-3-13-24-23(27)17-10-11-22-20(16-17)26(15-12-18-7-6-14-25(18)2)19-8-4-5-9-21(19)28-22/h4-5,8-11,16,18H,3,6-7,12-15H2,1-2H3,(H,24,27). The highest BCUT2D eigenvalue weighted by atomic mass is 32.2. The predicted molar refractivity (Wildman–Crippen MR) is 117 cm³/mol. The number of carbonyl (C=O) groups is 1. The van der Waals surface area contributed by atoms with E-state index in [-0.39, 0.29) is 5.91 Å². The number of hydrogen-bond donors (Lipinski definition) is 1. The van der Waals surface area contributed by atoms with Crippen molar-refractivity contribution in [3.8, 4) is 0 Å². The number of benzene rings is 2. The van der Waals surface area contributed by atoms with Crippen molar-refractivity contribution in [2.75, 3.05) is 31.6 Å². The number of fused-ring (bicyclic) bond motifs is 2. The molecule has 2 heterocycles. The lowest BCUT2D eigenvalue weighted by Gasteiger charge is -2.34. The summed E-state index contributed by atoms with van der Waals surface area (Å²) >= 11 is 1.80. The number of carbonyl (C=O) groups excluding carboxylic acids is 1. The van der Waals surface area contributed by atoms with Gasteiger partial charge in [0.25, 0.3) is 5.91 Å². The van der Waals surface area contributed by atoms with Gasteiger partial charge in [0.05, 0.1) is 11.4 Å².